The van der Waals surface area contributed by atoms with E-state index in [1.165, 1.54) is 16.7 Å². The van der Waals surface area contributed by atoms with Crippen LogP contribution >= 0.6 is 15.9 Å². The maximum absolute atomic E-state index is 11.2. The number of halogens is 1. The number of benzene rings is 1. The average Bonchev–Trinajstić information content (AvgIpc) is 3.49. The van der Waals surface area contributed by atoms with Crippen LogP contribution < -0.4 is 4.74 Å². The van der Waals surface area contributed by atoms with Gasteiger partial charge in [0.25, 0.3) is 0 Å². The molecular weight excluding hydrogens is 480 g/mol. The molecule has 1 aliphatic heterocycles. The lowest BCUT2D eigenvalue weighted by atomic mass is 9.93. The van der Waals surface area contributed by atoms with Crippen LogP contribution in [0.15, 0.2) is 12.1 Å². The van der Waals surface area contributed by atoms with Crippen molar-refractivity contribution in [3.05, 3.63) is 28.8 Å². The first-order valence-corrected chi connectivity index (χ1v) is 12.2. The van der Waals surface area contributed by atoms with Crippen molar-refractivity contribution >= 4 is 27.9 Å². The Morgan fingerprint density at radius 1 is 1.16 bits per heavy atom. The van der Waals surface area contributed by atoms with Gasteiger partial charge in [-0.25, -0.2) is 4.79 Å². The van der Waals surface area contributed by atoms with Crippen LogP contribution in [-0.4, -0.2) is 51.6 Å². The number of hydrogen-bond donors (Lipinski definition) is 2. The minimum absolute atomic E-state index is 0.0203. The number of carboxylic acid groups (broad SMARTS) is 2. The van der Waals surface area contributed by atoms with Crippen molar-refractivity contribution in [2.45, 2.75) is 69.1 Å². The van der Waals surface area contributed by atoms with Gasteiger partial charge >= 0.3 is 11.9 Å². The van der Waals surface area contributed by atoms with Crippen LogP contribution in [0, 0.1) is 24.7 Å². The molecule has 2 N–H and O–H groups in total. The zero-order valence-corrected chi connectivity index (χ0v) is 20.3. The van der Waals surface area contributed by atoms with E-state index in [1.807, 2.05) is 12.1 Å². The van der Waals surface area contributed by atoms with E-state index in [4.69, 9.17) is 19.3 Å². The van der Waals surface area contributed by atoms with Gasteiger partial charge in [0, 0.05) is 17.2 Å². The lowest BCUT2D eigenvalue weighted by Gasteiger charge is -2.33. The molecule has 1 aromatic carbocycles. The van der Waals surface area contributed by atoms with Crippen molar-refractivity contribution in [1.29, 1.82) is 0 Å². The molecule has 4 aliphatic rings. The normalized spacial score (nSPS) is 29.5. The highest BCUT2D eigenvalue weighted by Gasteiger charge is 2.65. The smallest absolute Gasteiger partial charge is 0.347 e. The summed E-state index contributed by atoms with van der Waals surface area (Å²) in [4.78, 5) is 22.6. The van der Waals surface area contributed by atoms with Crippen LogP contribution in [-0.2, 0) is 31.9 Å². The molecule has 0 aromatic heterocycles. The van der Waals surface area contributed by atoms with Gasteiger partial charge in [-0.1, -0.05) is 22.0 Å². The topological polar surface area (TPSA) is 102 Å². The maximum Gasteiger partial charge on any atom is 0.347 e. The Morgan fingerprint density at radius 3 is 2.41 bits per heavy atom. The Morgan fingerprint density at radius 2 is 1.81 bits per heavy atom. The standard InChI is InChI=1S/C14H18O3.C10H13BrO4/c1-9-7-8-12(11-6-4-5-10(9)11)17-14(2,3)13(15)16;11-7-3-6-8(9(12)13)5(7)4-10(6)14-1-2-15-10/h7-8H,4-6H2,1-3H3,(H,15,16);5-8H,1-4H2,(H,12,13). The third-order valence-electron chi connectivity index (χ3n) is 7.34. The number of carbonyl (C=O) groups is 2. The highest BCUT2D eigenvalue weighted by Crippen LogP contribution is 2.59. The molecule has 1 spiro atoms. The van der Waals surface area contributed by atoms with E-state index in [2.05, 4.69) is 22.9 Å². The molecule has 32 heavy (non-hydrogen) atoms. The summed E-state index contributed by atoms with van der Waals surface area (Å²) in [6, 6.07) is 3.90. The van der Waals surface area contributed by atoms with Gasteiger partial charge in [0.1, 0.15) is 5.75 Å². The first-order chi connectivity index (χ1) is 15.1. The van der Waals surface area contributed by atoms with Crippen LogP contribution in [0.3, 0.4) is 0 Å². The summed E-state index contributed by atoms with van der Waals surface area (Å²) in [6.07, 6.45) is 4.77. The SMILES string of the molecule is Cc1ccc(OC(C)(C)C(=O)O)c2c1CCC2.O=C(O)C1C2CC3(OCCO3)C1CC2Br. The fraction of sp³-hybridized carbons (Fsp3) is 0.667. The van der Waals surface area contributed by atoms with E-state index in [1.54, 1.807) is 13.8 Å². The van der Waals surface area contributed by atoms with Crippen molar-refractivity contribution in [3.63, 3.8) is 0 Å². The second kappa shape index (κ2) is 8.61. The third-order valence-corrected chi connectivity index (χ3v) is 8.39. The van der Waals surface area contributed by atoms with Gasteiger partial charge < -0.3 is 24.4 Å². The second-order valence-electron chi connectivity index (χ2n) is 9.71. The number of aliphatic carboxylic acids is 2. The van der Waals surface area contributed by atoms with Crippen LogP contribution in [0.4, 0.5) is 0 Å². The molecule has 176 valence electrons. The molecular formula is C24H31BrO7. The number of alkyl halides is 1. The van der Waals surface area contributed by atoms with Gasteiger partial charge in [-0.2, -0.15) is 0 Å². The largest absolute Gasteiger partial charge is 0.481 e. The molecule has 5 rings (SSSR count). The van der Waals surface area contributed by atoms with Gasteiger partial charge in [0.15, 0.2) is 11.4 Å². The monoisotopic (exact) mass is 510 g/mol. The number of hydrogen-bond acceptors (Lipinski definition) is 5. The summed E-state index contributed by atoms with van der Waals surface area (Å²) < 4.78 is 17.0. The first kappa shape index (κ1) is 23.5. The van der Waals surface area contributed by atoms with Crippen molar-refractivity contribution in [3.8, 4) is 5.75 Å². The minimum Gasteiger partial charge on any atom is -0.481 e. The molecule has 2 saturated carbocycles. The number of carboxylic acids is 2. The van der Waals surface area contributed by atoms with Gasteiger partial charge in [0.05, 0.1) is 19.1 Å². The summed E-state index contributed by atoms with van der Waals surface area (Å²) in [7, 11) is 0. The summed E-state index contributed by atoms with van der Waals surface area (Å²) in [5.41, 5.74) is 2.63. The highest BCUT2D eigenvalue weighted by atomic mass is 79.9. The Kier molecular flexibility index (Phi) is 6.33. The summed E-state index contributed by atoms with van der Waals surface area (Å²) in [6.45, 7) is 6.45. The Bertz CT molecular complexity index is 906. The number of ether oxygens (including phenoxy) is 3. The fourth-order valence-electron chi connectivity index (χ4n) is 5.70. The lowest BCUT2D eigenvalue weighted by molar-refractivity contribution is -0.194. The number of aryl methyl sites for hydroxylation is 1. The van der Waals surface area contributed by atoms with Gasteiger partial charge in [0.2, 0.25) is 0 Å². The summed E-state index contributed by atoms with van der Waals surface area (Å²) in [5.74, 6) is -1.61. The predicted octanol–water partition coefficient (Wildman–Crippen LogP) is 3.96. The van der Waals surface area contributed by atoms with E-state index >= 15 is 0 Å². The number of fused-ring (bicyclic) bond motifs is 4. The fourth-order valence-corrected chi connectivity index (χ4v) is 6.62. The van der Waals surface area contributed by atoms with Crippen LogP contribution in [0.1, 0.15) is 49.8 Å². The Labute approximate surface area is 196 Å². The molecule has 3 aliphatic carbocycles. The molecule has 7 nitrogen and oxygen atoms in total. The molecule has 4 atom stereocenters. The quantitative estimate of drug-likeness (QED) is 0.590. The maximum atomic E-state index is 11.2. The third kappa shape index (κ3) is 4.05. The van der Waals surface area contributed by atoms with Crippen molar-refractivity contribution in [1.82, 2.24) is 0 Å². The molecule has 1 heterocycles. The molecule has 3 fully saturated rings. The van der Waals surface area contributed by atoms with Crippen molar-refractivity contribution in [2.75, 3.05) is 13.2 Å². The van der Waals surface area contributed by atoms with Crippen molar-refractivity contribution in [2.24, 2.45) is 17.8 Å². The zero-order valence-electron chi connectivity index (χ0n) is 18.7. The number of rotatable bonds is 4. The first-order valence-electron chi connectivity index (χ1n) is 11.2. The average molecular weight is 511 g/mol. The molecule has 0 radical (unpaired) electrons. The highest BCUT2D eigenvalue weighted by molar-refractivity contribution is 9.09. The van der Waals surface area contributed by atoms with Crippen LogP contribution in [0.25, 0.3) is 0 Å². The van der Waals surface area contributed by atoms with E-state index in [0.29, 0.717) is 18.0 Å². The van der Waals surface area contributed by atoms with E-state index < -0.39 is 23.3 Å². The Balaban J connectivity index is 0.000000154. The minimum atomic E-state index is -1.17. The van der Waals surface area contributed by atoms with Crippen LogP contribution in [0.2, 0.25) is 0 Å². The van der Waals surface area contributed by atoms with E-state index in [-0.39, 0.29) is 17.8 Å². The van der Waals surface area contributed by atoms with Crippen molar-refractivity contribution < 1.29 is 34.0 Å². The molecule has 1 aromatic rings. The summed E-state index contributed by atoms with van der Waals surface area (Å²) in [5, 5.41) is 18.3. The van der Waals surface area contributed by atoms with Crippen LogP contribution in [0.5, 0.6) is 5.75 Å². The molecule has 0 amide bonds. The Hall–Kier alpha value is -1.64. The molecule has 2 bridgehead atoms. The molecule has 1 saturated heterocycles. The van der Waals surface area contributed by atoms with Gasteiger partial charge in [-0.15, -0.1) is 0 Å². The second-order valence-corrected chi connectivity index (χ2v) is 10.9. The predicted molar refractivity (Wildman–Crippen MR) is 120 cm³/mol. The van der Waals surface area contributed by atoms with Gasteiger partial charge in [-0.3, -0.25) is 4.79 Å². The molecule has 4 unspecified atom stereocenters. The molecule has 8 heteroatoms. The lowest BCUT2D eigenvalue weighted by Crippen LogP contribution is -2.39. The van der Waals surface area contributed by atoms with E-state index in [9.17, 15) is 14.7 Å². The zero-order chi connectivity index (χ0) is 23.3. The van der Waals surface area contributed by atoms with Gasteiger partial charge in [-0.05, 0) is 75.1 Å². The van der Waals surface area contributed by atoms with E-state index in [0.717, 1.165) is 37.9 Å². The summed E-state index contributed by atoms with van der Waals surface area (Å²) >= 11 is 3.56.